The number of hydrogen-bond donors (Lipinski definition) is 2. The topological polar surface area (TPSA) is 57.5 Å². The van der Waals surface area contributed by atoms with Crippen molar-refractivity contribution in [3.05, 3.63) is 23.8 Å². The Morgan fingerprint density at radius 3 is 2.72 bits per heavy atom. The smallest absolute Gasteiger partial charge is 0.328 e. The Morgan fingerprint density at radius 1 is 1.61 bits per heavy atom. The molecule has 1 aliphatic carbocycles. The Kier molecular flexibility index (Phi) is 4.74. The molecule has 18 heavy (non-hydrogen) atoms. The van der Waals surface area contributed by atoms with Gasteiger partial charge in [0.1, 0.15) is 0 Å². The van der Waals surface area contributed by atoms with Gasteiger partial charge in [0.15, 0.2) is 0 Å². The number of hydrogen-bond acceptors (Lipinski definition) is 2. The molecule has 0 spiro atoms. The quantitative estimate of drug-likeness (QED) is 0.597. The highest BCUT2D eigenvalue weighted by Gasteiger charge is 2.35. The summed E-state index contributed by atoms with van der Waals surface area (Å²) < 4.78 is 0. The molecule has 102 valence electrons. The van der Waals surface area contributed by atoms with Crippen LogP contribution in [0.2, 0.25) is 0 Å². The maximum absolute atomic E-state index is 10.6. The minimum atomic E-state index is -1.01. The number of aliphatic hydroxyl groups is 1. The van der Waals surface area contributed by atoms with Gasteiger partial charge in [-0.1, -0.05) is 26.0 Å². The van der Waals surface area contributed by atoms with Crippen LogP contribution < -0.4 is 0 Å². The van der Waals surface area contributed by atoms with Gasteiger partial charge in [0, 0.05) is 6.08 Å². The summed E-state index contributed by atoms with van der Waals surface area (Å²) in [7, 11) is 0. The lowest BCUT2D eigenvalue weighted by Gasteiger charge is -2.41. The molecule has 2 atom stereocenters. The third-order valence-electron chi connectivity index (χ3n) is 4.09. The summed E-state index contributed by atoms with van der Waals surface area (Å²) in [5, 5.41) is 18.8. The molecule has 0 saturated heterocycles. The first-order valence-corrected chi connectivity index (χ1v) is 6.51. The van der Waals surface area contributed by atoms with Crippen LogP contribution in [0.5, 0.6) is 0 Å². The van der Waals surface area contributed by atoms with Crippen LogP contribution >= 0.6 is 0 Å². The van der Waals surface area contributed by atoms with Crippen molar-refractivity contribution in [2.45, 2.75) is 52.6 Å². The third kappa shape index (κ3) is 3.70. The van der Waals surface area contributed by atoms with E-state index in [4.69, 9.17) is 5.11 Å². The van der Waals surface area contributed by atoms with E-state index in [-0.39, 0.29) is 11.3 Å². The number of aliphatic hydroxyl groups excluding tert-OH is 1. The molecule has 1 saturated carbocycles. The van der Waals surface area contributed by atoms with Gasteiger partial charge >= 0.3 is 5.97 Å². The second-order valence-electron chi connectivity index (χ2n) is 6.03. The van der Waals surface area contributed by atoms with E-state index in [0.29, 0.717) is 12.0 Å². The molecule has 0 bridgehead atoms. The number of aliphatic carboxylic acids is 1. The van der Waals surface area contributed by atoms with Gasteiger partial charge < -0.3 is 10.2 Å². The summed E-state index contributed by atoms with van der Waals surface area (Å²) in [4.78, 5) is 10.6. The molecule has 0 heterocycles. The van der Waals surface area contributed by atoms with Crippen LogP contribution in [-0.4, -0.2) is 22.3 Å². The first-order chi connectivity index (χ1) is 8.24. The normalized spacial score (nSPS) is 25.9. The molecule has 0 unspecified atom stereocenters. The zero-order valence-corrected chi connectivity index (χ0v) is 11.6. The molecule has 2 N–H and O–H groups in total. The van der Waals surface area contributed by atoms with Crippen LogP contribution in [-0.2, 0) is 4.79 Å². The number of carboxylic acids is 1. The van der Waals surface area contributed by atoms with E-state index in [1.165, 1.54) is 5.57 Å². The van der Waals surface area contributed by atoms with E-state index in [1.807, 2.05) is 0 Å². The molecule has 1 rings (SSSR count). The third-order valence-corrected chi connectivity index (χ3v) is 4.09. The molecule has 3 heteroatoms. The van der Waals surface area contributed by atoms with Crippen molar-refractivity contribution in [3.8, 4) is 0 Å². The SMILES string of the molecule is C=C1CCCC(C)(C)[C@H]1C[C@H](O)C(C)=CC(=O)O. The molecule has 0 aromatic rings. The number of carboxylic acid groups (broad SMARTS) is 1. The summed E-state index contributed by atoms with van der Waals surface area (Å²) in [6, 6.07) is 0. The minimum absolute atomic E-state index is 0.139. The fourth-order valence-electron chi connectivity index (χ4n) is 2.86. The van der Waals surface area contributed by atoms with Crippen molar-refractivity contribution < 1.29 is 15.0 Å². The number of allylic oxidation sites excluding steroid dienone is 1. The largest absolute Gasteiger partial charge is 0.478 e. The van der Waals surface area contributed by atoms with Crippen molar-refractivity contribution in [3.63, 3.8) is 0 Å². The highest BCUT2D eigenvalue weighted by Crippen LogP contribution is 2.45. The van der Waals surface area contributed by atoms with Gasteiger partial charge in [0.05, 0.1) is 6.10 Å². The second kappa shape index (κ2) is 5.70. The maximum atomic E-state index is 10.6. The van der Waals surface area contributed by atoms with E-state index < -0.39 is 12.1 Å². The Hall–Kier alpha value is -1.09. The van der Waals surface area contributed by atoms with Gasteiger partial charge in [-0.15, -0.1) is 0 Å². The lowest BCUT2D eigenvalue weighted by molar-refractivity contribution is -0.131. The van der Waals surface area contributed by atoms with Crippen molar-refractivity contribution in [2.75, 3.05) is 0 Å². The van der Waals surface area contributed by atoms with Gasteiger partial charge in [-0.3, -0.25) is 0 Å². The van der Waals surface area contributed by atoms with Crippen LogP contribution in [0.4, 0.5) is 0 Å². The minimum Gasteiger partial charge on any atom is -0.478 e. The van der Waals surface area contributed by atoms with Gasteiger partial charge in [-0.25, -0.2) is 4.79 Å². The van der Waals surface area contributed by atoms with Crippen molar-refractivity contribution in [2.24, 2.45) is 11.3 Å². The average molecular weight is 252 g/mol. The predicted octanol–water partition coefficient (Wildman–Crippen LogP) is 3.15. The average Bonchev–Trinajstić information content (AvgIpc) is 2.22. The standard InChI is InChI=1S/C15H24O3/c1-10-6-5-7-15(3,4)12(10)9-13(16)11(2)8-14(17)18/h8,12-13,16H,1,5-7,9H2,2-4H3,(H,17,18)/t12-,13-/m0/s1. The van der Waals surface area contributed by atoms with Crippen LogP contribution in [0.15, 0.2) is 23.8 Å². The van der Waals surface area contributed by atoms with Crippen LogP contribution in [0, 0.1) is 11.3 Å². The van der Waals surface area contributed by atoms with Crippen molar-refractivity contribution >= 4 is 5.97 Å². The zero-order valence-electron chi connectivity index (χ0n) is 11.6. The summed E-state index contributed by atoms with van der Waals surface area (Å²) in [6.45, 7) is 10.2. The maximum Gasteiger partial charge on any atom is 0.328 e. The lowest BCUT2D eigenvalue weighted by atomic mass is 9.64. The fourth-order valence-corrected chi connectivity index (χ4v) is 2.86. The molecule has 0 amide bonds. The van der Waals surface area contributed by atoms with Gasteiger partial charge in [-0.05, 0) is 49.5 Å². The Labute approximate surface area is 109 Å². The van der Waals surface area contributed by atoms with Gasteiger partial charge in [0.25, 0.3) is 0 Å². The predicted molar refractivity (Wildman–Crippen MR) is 72.3 cm³/mol. The van der Waals surface area contributed by atoms with Gasteiger partial charge in [0.2, 0.25) is 0 Å². The molecule has 0 aliphatic heterocycles. The van der Waals surface area contributed by atoms with E-state index in [2.05, 4.69) is 20.4 Å². The molecule has 3 nitrogen and oxygen atoms in total. The second-order valence-corrected chi connectivity index (χ2v) is 6.03. The Balaban J connectivity index is 2.76. The van der Waals surface area contributed by atoms with Crippen molar-refractivity contribution in [1.82, 2.24) is 0 Å². The monoisotopic (exact) mass is 252 g/mol. The molecule has 0 radical (unpaired) electrons. The number of rotatable bonds is 4. The molecule has 1 aliphatic rings. The van der Waals surface area contributed by atoms with E-state index >= 15 is 0 Å². The Bertz CT molecular complexity index is 366. The van der Waals surface area contributed by atoms with Crippen LogP contribution in [0.3, 0.4) is 0 Å². The van der Waals surface area contributed by atoms with E-state index in [0.717, 1.165) is 25.3 Å². The number of carbonyl (C=O) groups is 1. The van der Waals surface area contributed by atoms with Crippen LogP contribution in [0.1, 0.15) is 46.5 Å². The van der Waals surface area contributed by atoms with Crippen LogP contribution in [0.25, 0.3) is 0 Å². The molecule has 0 aromatic heterocycles. The summed E-state index contributed by atoms with van der Waals surface area (Å²) in [5.74, 6) is -0.744. The lowest BCUT2D eigenvalue weighted by Crippen LogP contribution is -2.32. The highest BCUT2D eigenvalue weighted by molar-refractivity contribution is 5.80. The molecular weight excluding hydrogens is 228 g/mol. The summed E-state index contributed by atoms with van der Waals surface area (Å²) in [6.07, 6.45) is 4.26. The van der Waals surface area contributed by atoms with E-state index in [1.54, 1.807) is 6.92 Å². The summed E-state index contributed by atoms with van der Waals surface area (Å²) >= 11 is 0. The first-order valence-electron chi connectivity index (χ1n) is 6.51. The zero-order chi connectivity index (χ0) is 13.9. The van der Waals surface area contributed by atoms with Gasteiger partial charge in [-0.2, -0.15) is 0 Å². The molecule has 0 aromatic carbocycles. The Morgan fingerprint density at radius 2 is 2.22 bits per heavy atom. The molecule has 1 fully saturated rings. The van der Waals surface area contributed by atoms with Crippen molar-refractivity contribution in [1.29, 1.82) is 0 Å². The summed E-state index contributed by atoms with van der Waals surface area (Å²) in [5.41, 5.74) is 1.84. The first kappa shape index (κ1) is 15.0. The van der Waals surface area contributed by atoms with E-state index in [9.17, 15) is 9.90 Å². The fraction of sp³-hybridized carbons (Fsp3) is 0.667. The highest BCUT2D eigenvalue weighted by atomic mass is 16.4. The molecular formula is C15H24O3.